The Labute approximate surface area is 139 Å². The average Bonchev–Trinajstić information content (AvgIpc) is 3.13. The van der Waals surface area contributed by atoms with Crippen LogP contribution in [0.25, 0.3) is 0 Å². The summed E-state index contributed by atoms with van der Waals surface area (Å²) < 4.78 is 5.54. The Morgan fingerprint density at radius 3 is 2.83 bits per heavy atom. The molecule has 1 N–H and O–H groups in total. The summed E-state index contributed by atoms with van der Waals surface area (Å²) in [6.45, 7) is 1.23. The predicted octanol–water partition coefficient (Wildman–Crippen LogP) is 2.74. The standard InChI is InChI=1S/C16H19N5O3/c1-20(12-6-3-2-4-7-12)16-14(21(22)23)15(18-11-19-16)17-10-13-8-5-9-24-13/h2-4,6-7,11,13H,5,8-10H2,1H3,(H,17,18,19). The van der Waals surface area contributed by atoms with E-state index >= 15 is 0 Å². The Bertz CT molecular complexity index is 704. The van der Waals surface area contributed by atoms with Gasteiger partial charge in [0.25, 0.3) is 0 Å². The number of aromatic nitrogens is 2. The summed E-state index contributed by atoms with van der Waals surface area (Å²) in [7, 11) is 1.74. The van der Waals surface area contributed by atoms with Crippen LogP contribution in [-0.4, -0.2) is 41.2 Å². The van der Waals surface area contributed by atoms with Crippen LogP contribution in [0.15, 0.2) is 36.7 Å². The fourth-order valence-corrected chi connectivity index (χ4v) is 2.70. The minimum atomic E-state index is -0.452. The smallest absolute Gasteiger partial charge is 0.353 e. The van der Waals surface area contributed by atoms with Gasteiger partial charge in [-0.2, -0.15) is 0 Å². The number of hydrogen-bond acceptors (Lipinski definition) is 7. The molecule has 0 amide bonds. The minimum Gasteiger partial charge on any atom is -0.376 e. The number of para-hydroxylation sites is 1. The average molecular weight is 329 g/mol. The third-order valence-corrected chi connectivity index (χ3v) is 3.97. The maximum Gasteiger partial charge on any atom is 0.353 e. The molecule has 0 spiro atoms. The van der Waals surface area contributed by atoms with Gasteiger partial charge in [0.05, 0.1) is 11.0 Å². The molecule has 0 bridgehead atoms. The number of hydrogen-bond donors (Lipinski definition) is 1. The second kappa shape index (κ2) is 7.22. The molecule has 1 unspecified atom stereocenters. The van der Waals surface area contributed by atoms with E-state index in [1.165, 1.54) is 6.33 Å². The molecule has 126 valence electrons. The van der Waals surface area contributed by atoms with E-state index in [-0.39, 0.29) is 23.4 Å². The second-order valence-electron chi connectivity index (χ2n) is 5.56. The van der Waals surface area contributed by atoms with Crippen molar-refractivity contribution < 1.29 is 9.66 Å². The molecule has 8 nitrogen and oxygen atoms in total. The highest BCUT2D eigenvalue weighted by Crippen LogP contribution is 2.34. The number of nitrogens with zero attached hydrogens (tertiary/aromatic N) is 4. The van der Waals surface area contributed by atoms with Crippen molar-refractivity contribution in [3.63, 3.8) is 0 Å². The lowest BCUT2D eigenvalue weighted by atomic mass is 10.2. The monoisotopic (exact) mass is 329 g/mol. The molecule has 0 radical (unpaired) electrons. The fourth-order valence-electron chi connectivity index (χ4n) is 2.70. The molecule has 8 heteroatoms. The molecule has 1 atom stereocenters. The molecule has 2 heterocycles. The van der Waals surface area contributed by atoms with Crippen molar-refractivity contribution in [3.05, 3.63) is 46.8 Å². The minimum absolute atomic E-state index is 0.0647. The number of anilines is 3. The Kier molecular flexibility index (Phi) is 4.85. The van der Waals surface area contributed by atoms with Gasteiger partial charge in [0.2, 0.25) is 11.6 Å². The first-order valence-corrected chi connectivity index (χ1v) is 7.80. The van der Waals surface area contributed by atoms with E-state index in [1.54, 1.807) is 11.9 Å². The summed E-state index contributed by atoms with van der Waals surface area (Å²) in [5.74, 6) is 0.458. The van der Waals surface area contributed by atoms with Crippen LogP contribution >= 0.6 is 0 Å². The molecule has 0 saturated carbocycles. The van der Waals surface area contributed by atoms with Crippen molar-refractivity contribution in [2.24, 2.45) is 0 Å². The Hall–Kier alpha value is -2.74. The molecule has 0 aliphatic carbocycles. The highest BCUT2D eigenvalue weighted by atomic mass is 16.6. The van der Waals surface area contributed by atoms with Crippen molar-refractivity contribution in [1.82, 2.24) is 9.97 Å². The molecule has 1 aromatic carbocycles. The van der Waals surface area contributed by atoms with Gasteiger partial charge in [0.1, 0.15) is 6.33 Å². The molecule has 3 rings (SSSR count). The number of nitrogens with one attached hydrogen (secondary N) is 1. The molecule has 1 aliphatic rings. The zero-order chi connectivity index (χ0) is 16.9. The third kappa shape index (κ3) is 3.43. The van der Waals surface area contributed by atoms with E-state index in [1.807, 2.05) is 30.3 Å². The van der Waals surface area contributed by atoms with Gasteiger partial charge in [-0.3, -0.25) is 10.1 Å². The van der Waals surface area contributed by atoms with Gasteiger partial charge in [0, 0.05) is 25.9 Å². The van der Waals surface area contributed by atoms with Gasteiger partial charge in [-0.25, -0.2) is 9.97 Å². The summed E-state index contributed by atoms with van der Waals surface area (Å²) in [5, 5.41) is 14.6. The zero-order valence-corrected chi connectivity index (χ0v) is 13.4. The quantitative estimate of drug-likeness (QED) is 0.643. The summed E-state index contributed by atoms with van der Waals surface area (Å²) in [6, 6.07) is 9.36. The Balaban J connectivity index is 1.88. The predicted molar refractivity (Wildman–Crippen MR) is 90.7 cm³/mol. The molecule has 1 fully saturated rings. The first-order chi connectivity index (χ1) is 11.7. The van der Waals surface area contributed by atoms with Crippen molar-refractivity contribution in [3.8, 4) is 0 Å². The van der Waals surface area contributed by atoms with E-state index < -0.39 is 4.92 Å². The Morgan fingerprint density at radius 1 is 1.38 bits per heavy atom. The molecule has 1 saturated heterocycles. The highest BCUT2D eigenvalue weighted by Gasteiger charge is 2.27. The summed E-state index contributed by atoms with van der Waals surface area (Å²) in [4.78, 5) is 21.0. The van der Waals surface area contributed by atoms with Crippen LogP contribution in [0.5, 0.6) is 0 Å². The number of rotatable bonds is 6. The van der Waals surface area contributed by atoms with Gasteiger partial charge in [0.15, 0.2) is 0 Å². The Morgan fingerprint density at radius 2 is 2.17 bits per heavy atom. The lowest BCUT2D eigenvalue weighted by Gasteiger charge is -2.19. The summed E-state index contributed by atoms with van der Waals surface area (Å²) >= 11 is 0. The van der Waals surface area contributed by atoms with Gasteiger partial charge in [-0.05, 0) is 25.0 Å². The van der Waals surface area contributed by atoms with Gasteiger partial charge < -0.3 is 15.0 Å². The van der Waals surface area contributed by atoms with Gasteiger partial charge in [-0.1, -0.05) is 18.2 Å². The first-order valence-electron chi connectivity index (χ1n) is 7.80. The SMILES string of the molecule is CN(c1ccccc1)c1ncnc(NCC2CCCO2)c1[N+](=O)[O-]. The largest absolute Gasteiger partial charge is 0.376 e. The number of benzene rings is 1. The van der Waals surface area contributed by atoms with Gasteiger partial charge in [-0.15, -0.1) is 0 Å². The topological polar surface area (TPSA) is 93.4 Å². The van der Waals surface area contributed by atoms with Crippen molar-refractivity contribution in [2.45, 2.75) is 18.9 Å². The van der Waals surface area contributed by atoms with Crippen LogP contribution in [0.1, 0.15) is 12.8 Å². The zero-order valence-electron chi connectivity index (χ0n) is 13.4. The normalized spacial score (nSPS) is 16.8. The summed E-state index contributed by atoms with van der Waals surface area (Å²) in [6.07, 6.45) is 3.36. The molecule has 1 aromatic heterocycles. The van der Waals surface area contributed by atoms with Crippen LogP contribution in [0.3, 0.4) is 0 Å². The van der Waals surface area contributed by atoms with Crippen molar-refractivity contribution in [2.75, 3.05) is 30.4 Å². The van der Waals surface area contributed by atoms with Gasteiger partial charge >= 0.3 is 5.69 Å². The second-order valence-corrected chi connectivity index (χ2v) is 5.56. The van der Waals surface area contributed by atoms with Crippen molar-refractivity contribution in [1.29, 1.82) is 0 Å². The van der Waals surface area contributed by atoms with E-state index in [0.717, 1.165) is 25.1 Å². The van der Waals surface area contributed by atoms with Crippen LogP contribution in [0.4, 0.5) is 23.0 Å². The lowest BCUT2D eigenvalue weighted by molar-refractivity contribution is -0.383. The molecule has 24 heavy (non-hydrogen) atoms. The van der Waals surface area contributed by atoms with E-state index in [2.05, 4.69) is 15.3 Å². The first kappa shape index (κ1) is 16.1. The van der Waals surface area contributed by atoms with Crippen molar-refractivity contribution >= 4 is 23.0 Å². The third-order valence-electron chi connectivity index (χ3n) is 3.97. The molecular weight excluding hydrogens is 310 g/mol. The van der Waals surface area contributed by atoms with E-state index in [0.29, 0.717) is 6.54 Å². The van der Waals surface area contributed by atoms with E-state index in [9.17, 15) is 10.1 Å². The van der Waals surface area contributed by atoms with Crippen LogP contribution in [-0.2, 0) is 4.74 Å². The maximum atomic E-state index is 11.6. The highest BCUT2D eigenvalue weighted by molar-refractivity contribution is 5.75. The lowest BCUT2D eigenvalue weighted by Crippen LogP contribution is -2.21. The molecule has 1 aliphatic heterocycles. The fraction of sp³-hybridized carbons (Fsp3) is 0.375. The maximum absolute atomic E-state index is 11.6. The molecule has 2 aromatic rings. The number of ether oxygens (including phenoxy) is 1. The van der Waals surface area contributed by atoms with Crippen LogP contribution in [0, 0.1) is 10.1 Å². The van der Waals surface area contributed by atoms with E-state index in [4.69, 9.17) is 4.74 Å². The number of nitro groups is 1. The summed E-state index contributed by atoms with van der Waals surface area (Å²) in [5.41, 5.74) is 0.672. The van der Waals surface area contributed by atoms with Crippen LogP contribution in [0.2, 0.25) is 0 Å². The molecular formula is C16H19N5O3. The van der Waals surface area contributed by atoms with Crippen LogP contribution < -0.4 is 10.2 Å².